The van der Waals surface area contributed by atoms with Crippen molar-refractivity contribution in [3.05, 3.63) is 12.7 Å². The fourth-order valence-corrected chi connectivity index (χ4v) is 2.34. The first-order valence-corrected chi connectivity index (χ1v) is 6.42. The molecule has 3 nitrogen and oxygen atoms in total. The van der Waals surface area contributed by atoms with Gasteiger partial charge in [-0.25, -0.2) is 0 Å². The lowest BCUT2D eigenvalue weighted by Gasteiger charge is -2.34. The highest BCUT2D eigenvalue weighted by Gasteiger charge is 2.38. The van der Waals surface area contributed by atoms with E-state index in [4.69, 9.17) is 0 Å². The van der Waals surface area contributed by atoms with Gasteiger partial charge >= 0.3 is 0 Å². The van der Waals surface area contributed by atoms with Gasteiger partial charge in [0.2, 0.25) is 11.8 Å². The second-order valence-corrected chi connectivity index (χ2v) is 5.39. The summed E-state index contributed by atoms with van der Waals surface area (Å²) in [4.78, 5) is 25.3. The molecule has 1 aliphatic rings. The summed E-state index contributed by atoms with van der Waals surface area (Å²) >= 11 is 0. The SMILES string of the molecule is C=CCN1C(=O)C[C@@H](C)[C@@H](CCC(C)C)C1=O. The zero-order valence-corrected chi connectivity index (χ0v) is 11.1. The number of imide groups is 1. The number of piperidine rings is 1. The van der Waals surface area contributed by atoms with Gasteiger partial charge in [-0.1, -0.05) is 33.3 Å². The van der Waals surface area contributed by atoms with Gasteiger partial charge in [-0.15, -0.1) is 6.58 Å². The molecule has 2 atom stereocenters. The van der Waals surface area contributed by atoms with Crippen molar-refractivity contribution < 1.29 is 9.59 Å². The Hall–Kier alpha value is -1.12. The van der Waals surface area contributed by atoms with E-state index in [0.29, 0.717) is 18.9 Å². The normalized spacial score (nSPS) is 25.5. The minimum absolute atomic E-state index is 0.00528. The number of nitrogens with zero attached hydrogens (tertiary/aromatic N) is 1. The van der Waals surface area contributed by atoms with Gasteiger partial charge in [0.05, 0.1) is 0 Å². The summed E-state index contributed by atoms with van der Waals surface area (Å²) in [5.74, 6) is 0.725. The summed E-state index contributed by atoms with van der Waals surface area (Å²) in [6.07, 6.45) is 4.03. The highest BCUT2D eigenvalue weighted by atomic mass is 16.2. The van der Waals surface area contributed by atoms with E-state index in [1.165, 1.54) is 4.90 Å². The average molecular weight is 237 g/mol. The van der Waals surface area contributed by atoms with Crippen molar-refractivity contribution in [2.24, 2.45) is 17.8 Å². The van der Waals surface area contributed by atoms with E-state index < -0.39 is 0 Å². The number of hydrogen-bond acceptors (Lipinski definition) is 2. The fraction of sp³-hybridized carbons (Fsp3) is 0.714. The highest BCUT2D eigenvalue weighted by Crippen LogP contribution is 2.30. The predicted octanol–water partition coefficient (Wildman–Crippen LogP) is 2.62. The van der Waals surface area contributed by atoms with E-state index in [-0.39, 0.29) is 23.7 Å². The molecular weight excluding hydrogens is 214 g/mol. The first kappa shape index (κ1) is 13.9. The number of carbonyl (C=O) groups excluding carboxylic acids is 2. The van der Waals surface area contributed by atoms with Crippen LogP contribution in [-0.4, -0.2) is 23.3 Å². The molecule has 0 aromatic rings. The third-order valence-electron chi connectivity index (χ3n) is 3.43. The Morgan fingerprint density at radius 3 is 2.65 bits per heavy atom. The molecule has 1 aliphatic heterocycles. The predicted molar refractivity (Wildman–Crippen MR) is 68.3 cm³/mol. The van der Waals surface area contributed by atoms with Crippen LogP contribution >= 0.6 is 0 Å². The third-order valence-corrected chi connectivity index (χ3v) is 3.43. The molecule has 0 aromatic heterocycles. The van der Waals surface area contributed by atoms with Crippen LogP contribution in [0, 0.1) is 17.8 Å². The second kappa shape index (κ2) is 5.99. The first-order valence-electron chi connectivity index (χ1n) is 6.42. The van der Waals surface area contributed by atoms with E-state index in [1.54, 1.807) is 6.08 Å². The topological polar surface area (TPSA) is 37.4 Å². The Morgan fingerprint density at radius 1 is 1.47 bits per heavy atom. The molecule has 0 aliphatic carbocycles. The van der Waals surface area contributed by atoms with Crippen LogP contribution in [0.4, 0.5) is 0 Å². The smallest absolute Gasteiger partial charge is 0.232 e. The summed E-state index contributed by atoms with van der Waals surface area (Å²) in [7, 11) is 0. The van der Waals surface area contributed by atoms with Gasteiger partial charge in [0.25, 0.3) is 0 Å². The van der Waals surface area contributed by atoms with Crippen molar-refractivity contribution in [2.75, 3.05) is 6.54 Å². The Bertz CT molecular complexity index is 309. The number of amides is 2. The molecule has 0 N–H and O–H groups in total. The van der Waals surface area contributed by atoms with E-state index >= 15 is 0 Å². The second-order valence-electron chi connectivity index (χ2n) is 5.39. The Labute approximate surface area is 104 Å². The summed E-state index contributed by atoms with van der Waals surface area (Å²) in [6.45, 7) is 10.3. The van der Waals surface area contributed by atoms with E-state index in [2.05, 4.69) is 20.4 Å². The molecule has 0 radical (unpaired) electrons. The largest absolute Gasteiger partial charge is 0.279 e. The van der Waals surface area contributed by atoms with Gasteiger partial charge in [0.1, 0.15) is 0 Å². The van der Waals surface area contributed by atoms with Gasteiger partial charge in [-0.05, 0) is 18.3 Å². The van der Waals surface area contributed by atoms with Crippen molar-refractivity contribution in [2.45, 2.75) is 40.0 Å². The minimum atomic E-state index is -0.0526. The molecule has 17 heavy (non-hydrogen) atoms. The summed E-state index contributed by atoms with van der Waals surface area (Å²) < 4.78 is 0. The van der Waals surface area contributed by atoms with Crippen LogP contribution in [0.25, 0.3) is 0 Å². The molecule has 2 amide bonds. The van der Waals surface area contributed by atoms with Crippen LogP contribution in [0.15, 0.2) is 12.7 Å². The molecule has 0 saturated carbocycles. The first-order chi connectivity index (χ1) is 7.97. The number of rotatable bonds is 5. The zero-order chi connectivity index (χ0) is 13.0. The van der Waals surface area contributed by atoms with Crippen molar-refractivity contribution in [3.8, 4) is 0 Å². The van der Waals surface area contributed by atoms with Crippen LogP contribution in [0.2, 0.25) is 0 Å². The Balaban J connectivity index is 2.71. The van der Waals surface area contributed by atoms with Gasteiger partial charge < -0.3 is 0 Å². The van der Waals surface area contributed by atoms with E-state index in [1.807, 2.05) is 6.92 Å². The molecule has 96 valence electrons. The van der Waals surface area contributed by atoms with Gasteiger partial charge in [0, 0.05) is 18.9 Å². The Kier molecular flexibility index (Phi) is 4.91. The molecule has 0 unspecified atom stereocenters. The van der Waals surface area contributed by atoms with Gasteiger partial charge in [0.15, 0.2) is 0 Å². The summed E-state index contributed by atoms with van der Waals surface area (Å²) in [5, 5.41) is 0. The quantitative estimate of drug-likeness (QED) is 0.544. The highest BCUT2D eigenvalue weighted by molar-refractivity contribution is 5.99. The number of hydrogen-bond donors (Lipinski definition) is 0. The van der Waals surface area contributed by atoms with Gasteiger partial charge in [-0.3, -0.25) is 14.5 Å². The monoisotopic (exact) mass is 237 g/mol. The molecule has 1 saturated heterocycles. The average Bonchev–Trinajstić information content (AvgIpc) is 2.23. The third kappa shape index (κ3) is 3.42. The van der Waals surface area contributed by atoms with E-state index in [9.17, 15) is 9.59 Å². The molecule has 0 spiro atoms. The van der Waals surface area contributed by atoms with Crippen molar-refractivity contribution in [3.63, 3.8) is 0 Å². The molecule has 1 heterocycles. The van der Waals surface area contributed by atoms with Crippen LogP contribution in [0.5, 0.6) is 0 Å². The van der Waals surface area contributed by atoms with Crippen molar-refractivity contribution in [1.29, 1.82) is 0 Å². The maximum absolute atomic E-state index is 12.2. The summed E-state index contributed by atoms with van der Waals surface area (Å²) in [5.41, 5.74) is 0. The molecule has 3 heteroatoms. The maximum Gasteiger partial charge on any atom is 0.232 e. The van der Waals surface area contributed by atoms with Gasteiger partial charge in [-0.2, -0.15) is 0 Å². The Morgan fingerprint density at radius 2 is 2.12 bits per heavy atom. The van der Waals surface area contributed by atoms with Crippen LogP contribution in [-0.2, 0) is 9.59 Å². The lowest BCUT2D eigenvalue weighted by Crippen LogP contribution is -2.48. The van der Waals surface area contributed by atoms with Crippen LogP contribution < -0.4 is 0 Å². The molecule has 0 aromatic carbocycles. The standard InChI is InChI=1S/C14H23NO2/c1-5-8-15-13(16)9-11(4)12(14(15)17)7-6-10(2)3/h5,10-12H,1,6-9H2,2-4H3/t11-,12-/m1/s1. The zero-order valence-electron chi connectivity index (χ0n) is 11.1. The van der Waals surface area contributed by atoms with Crippen LogP contribution in [0.3, 0.4) is 0 Å². The maximum atomic E-state index is 12.2. The number of likely N-dealkylation sites (tertiary alicyclic amines) is 1. The molecule has 1 rings (SSSR count). The lowest BCUT2D eigenvalue weighted by molar-refractivity contribution is -0.153. The number of carbonyl (C=O) groups is 2. The fourth-order valence-electron chi connectivity index (χ4n) is 2.34. The minimum Gasteiger partial charge on any atom is -0.279 e. The summed E-state index contributed by atoms with van der Waals surface area (Å²) in [6, 6.07) is 0. The lowest BCUT2D eigenvalue weighted by atomic mass is 9.81. The van der Waals surface area contributed by atoms with Crippen molar-refractivity contribution in [1.82, 2.24) is 4.90 Å². The van der Waals surface area contributed by atoms with Crippen molar-refractivity contribution >= 4 is 11.8 Å². The van der Waals surface area contributed by atoms with Crippen LogP contribution in [0.1, 0.15) is 40.0 Å². The molecule has 1 fully saturated rings. The molecular formula is C14H23NO2. The molecule has 0 bridgehead atoms. The van der Waals surface area contributed by atoms with E-state index in [0.717, 1.165) is 12.8 Å².